The zero-order valence-corrected chi connectivity index (χ0v) is 13.0. The number of benzene rings is 1. The molecule has 1 heterocycles. The molecule has 1 saturated heterocycles. The number of nitrogens with zero attached hydrogens (tertiary/aromatic N) is 1. The monoisotopic (exact) mass is 320 g/mol. The first-order valence-corrected chi connectivity index (χ1v) is 8.08. The molecule has 0 atom stereocenters. The van der Waals surface area contributed by atoms with E-state index < -0.39 is 0 Å². The molecule has 3 rings (SSSR count). The fraction of sp³-hybridized carbons (Fsp3) is 0.529. The molecule has 23 heavy (non-hydrogen) atoms. The van der Waals surface area contributed by atoms with Gasteiger partial charge in [-0.05, 0) is 37.8 Å². The molecule has 1 aromatic rings. The third-order valence-electron chi connectivity index (χ3n) is 4.30. The van der Waals surface area contributed by atoms with Crippen molar-refractivity contribution in [1.29, 1.82) is 0 Å². The van der Waals surface area contributed by atoms with Crippen LogP contribution in [0.15, 0.2) is 24.3 Å². The summed E-state index contributed by atoms with van der Waals surface area (Å²) in [4.78, 5) is 25.6. The molecule has 0 aromatic heterocycles. The normalized spacial score (nSPS) is 18.6. The number of amides is 2. The van der Waals surface area contributed by atoms with Gasteiger partial charge in [-0.1, -0.05) is 6.07 Å². The summed E-state index contributed by atoms with van der Waals surface area (Å²) < 4.78 is 18.4. The van der Waals surface area contributed by atoms with E-state index in [2.05, 4.69) is 5.32 Å². The topological polar surface area (TPSA) is 58.6 Å². The standard InChI is InChI=1S/C17H21FN2O3/c18-13-2-1-3-15(10-13)23-11-16(21)20-8-6-14(7-9-20)19-17(22)12-4-5-12/h1-3,10,12,14H,4-9,11H2,(H,19,22). The van der Waals surface area contributed by atoms with E-state index in [1.54, 1.807) is 17.0 Å². The van der Waals surface area contributed by atoms with E-state index in [0.717, 1.165) is 25.7 Å². The van der Waals surface area contributed by atoms with Crippen LogP contribution in [0.4, 0.5) is 4.39 Å². The number of carbonyl (C=O) groups is 2. The van der Waals surface area contributed by atoms with E-state index in [9.17, 15) is 14.0 Å². The molecule has 1 aliphatic carbocycles. The smallest absolute Gasteiger partial charge is 0.260 e. The molecule has 1 N–H and O–H groups in total. The molecule has 2 aliphatic rings. The predicted octanol–water partition coefficient (Wildman–Crippen LogP) is 1.72. The second-order valence-electron chi connectivity index (χ2n) is 6.18. The second kappa shape index (κ2) is 6.98. The number of carbonyl (C=O) groups excluding carboxylic acids is 2. The van der Waals surface area contributed by atoms with Crippen molar-refractivity contribution in [2.24, 2.45) is 5.92 Å². The van der Waals surface area contributed by atoms with Crippen LogP contribution in [0.2, 0.25) is 0 Å². The Morgan fingerprint density at radius 3 is 2.61 bits per heavy atom. The summed E-state index contributed by atoms with van der Waals surface area (Å²) in [5, 5.41) is 3.05. The molecule has 0 bridgehead atoms. The van der Waals surface area contributed by atoms with Crippen LogP contribution in [0.1, 0.15) is 25.7 Å². The van der Waals surface area contributed by atoms with Crippen LogP contribution < -0.4 is 10.1 Å². The molecular weight excluding hydrogens is 299 g/mol. The van der Waals surface area contributed by atoms with Crippen molar-refractivity contribution in [2.45, 2.75) is 31.7 Å². The van der Waals surface area contributed by atoms with E-state index in [1.807, 2.05) is 0 Å². The van der Waals surface area contributed by atoms with Gasteiger partial charge in [0.25, 0.3) is 5.91 Å². The number of hydrogen-bond donors (Lipinski definition) is 1. The van der Waals surface area contributed by atoms with Gasteiger partial charge >= 0.3 is 0 Å². The Bertz CT molecular complexity index is 581. The van der Waals surface area contributed by atoms with Gasteiger partial charge in [-0.3, -0.25) is 9.59 Å². The van der Waals surface area contributed by atoms with Gasteiger partial charge in [0, 0.05) is 31.1 Å². The van der Waals surface area contributed by atoms with E-state index in [1.165, 1.54) is 12.1 Å². The third kappa shape index (κ3) is 4.43. The number of rotatable bonds is 5. The lowest BCUT2D eigenvalue weighted by Gasteiger charge is -2.32. The lowest BCUT2D eigenvalue weighted by Crippen LogP contribution is -2.48. The van der Waals surface area contributed by atoms with E-state index >= 15 is 0 Å². The first-order valence-electron chi connectivity index (χ1n) is 8.08. The quantitative estimate of drug-likeness (QED) is 0.899. The summed E-state index contributed by atoms with van der Waals surface area (Å²) in [6.07, 6.45) is 3.54. The minimum atomic E-state index is -0.387. The largest absolute Gasteiger partial charge is 0.484 e. The van der Waals surface area contributed by atoms with Gasteiger partial charge in [-0.25, -0.2) is 4.39 Å². The maximum atomic E-state index is 13.0. The number of halogens is 1. The van der Waals surface area contributed by atoms with Crippen LogP contribution in [0, 0.1) is 11.7 Å². The van der Waals surface area contributed by atoms with Crippen molar-refractivity contribution in [3.05, 3.63) is 30.1 Å². The zero-order chi connectivity index (χ0) is 16.2. The molecule has 2 amide bonds. The van der Waals surface area contributed by atoms with Crippen LogP contribution in [-0.2, 0) is 9.59 Å². The van der Waals surface area contributed by atoms with Gasteiger partial charge in [0.05, 0.1) is 0 Å². The molecule has 5 nitrogen and oxygen atoms in total. The van der Waals surface area contributed by atoms with Crippen LogP contribution in [0.5, 0.6) is 5.75 Å². The molecular formula is C17H21FN2O3. The summed E-state index contributed by atoms with van der Waals surface area (Å²) >= 11 is 0. The van der Waals surface area contributed by atoms with Gasteiger partial charge in [-0.15, -0.1) is 0 Å². The van der Waals surface area contributed by atoms with E-state index in [4.69, 9.17) is 4.74 Å². The Balaban J connectivity index is 1.40. The molecule has 0 spiro atoms. The molecule has 1 saturated carbocycles. The minimum Gasteiger partial charge on any atom is -0.484 e. The van der Waals surface area contributed by atoms with Gasteiger partial charge in [0.1, 0.15) is 11.6 Å². The highest BCUT2D eigenvalue weighted by Gasteiger charge is 2.32. The predicted molar refractivity (Wildman–Crippen MR) is 82.4 cm³/mol. The number of nitrogens with one attached hydrogen (secondary N) is 1. The maximum Gasteiger partial charge on any atom is 0.260 e. The summed E-state index contributed by atoms with van der Waals surface area (Å²) in [7, 11) is 0. The molecule has 2 fully saturated rings. The SMILES string of the molecule is O=C(NC1CCN(C(=O)COc2cccc(F)c2)CC1)C1CC1. The second-order valence-corrected chi connectivity index (χ2v) is 6.18. The van der Waals surface area contributed by atoms with Crippen molar-refractivity contribution in [3.8, 4) is 5.75 Å². The van der Waals surface area contributed by atoms with E-state index in [0.29, 0.717) is 18.8 Å². The molecule has 0 unspecified atom stereocenters. The fourth-order valence-corrected chi connectivity index (χ4v) is 2.73. The highest BCUT2D eigenvalue weighted by atomic mass is 19.1. The van der Waals surface area contributed by atoms with Gasteiger partial charge in [-0.2, -0.15) is 0 Å². The first kappa shape index (κ1) is 15.8. The van der Waals surface area contributed by atoms with Crippen LogP contribution in [0.25, 0.3) is 0 Å². The van der Waals surface area contributed by atoms with Crippen molar-refractivity contribution in [1.82, 2.24) is 10.2 Å². The van der Waals surface area contributed by atoms with Gasteiger partial charge < -0.3 is 15.0 Å². The summed E-state index contributed by atoms with van der Waals surface area (Å²) in [6.45, 7) is 1.13. The first-order chi connectivity index (χ1) is 11.1. The number of hydrogen-bond acceptors (Lipinski definition) is 3. The minimum absolute atomic E-state index is 0.0947. The molecule has 1 aliphatic heterocycles. The lowest BCUT2D eigenvalue weighted by atomic mass is 10.0. The molecule has 6 heteroatoms. The van der Waals surface area contributed by atoms with Crippen molar-refractivity contribution < 1.29 is 18.7 Å². The average molecular weight is 320 g/mol. The zero-order valence-electron chi connectivity index (χ0n) is 13.0. The van der Waals surface area contributed by atoms with Crippen LogP contribution in [-0.4, -0.2) is 42.5 Å². The van der Waals surface area contributed by atoms with Gasteiger partial charge in [0.15, 0.2) is 6.61 Å². The number of ether oxygens (including phenoxy) is 1. The summed E-state index contributed by atoms with van der Waals surface area (Å²) in [6, 6.07) is 5.91. The summed E-state index contributed by atoms with van der Waals surface area (Å²) in [5.74, 6) is 0.229. The maximum absolute atomic E-state index is 13.0. The van der Waals surface area contributed by atoms with Crippen molar-refractivity contribution in [3.63, 3.8) is 0 Å². The Morgan fingerprint density at radius 1 is 1.22 bits per heavy atom. The third-order valence-corrected chi connectivity index (χ3v) is 4.30. The van der Waals surface area contributed by atoms with Crippen LogP contribution >= 0.6 is 0 Å². The Labute approximate surface area is 134 Å². The molecule has 124 valence electrons. The van der Waals surface area contributed by atoms with E-state index in [-0.39, 0.29) is 36.2 Å². The highest BCUT2D eigenvalue weighted by Crippen LogP contribution is 2.29. The Kier molecular flexibility index (Phi) is 4.79. The van der Waals surface area contributed by atoms with Crippen LogP contribution in [0.3, 0.4) is 0 Å². The summed E-state index contributed by atoms with van der Waals surface area (Å²) in [5.41, 5.74) is 0. The lowest BCUT2D eigenvalue weighted by molar-refractivity contribution is -0.134. The van der Waals surface area contributed by atoms with Gasteiger partial charge in [0.2, 0.25) is 5.91 Å². The highest BCUT2D eigenvalue weighted by molar-refractivity contribution is 5.81. The molecule has 1 aromatic carbocycles. The Morgan fingerprint density at radius 2 is 1.96 bits per heavy atom. The fourth-order valence-electron chi connectivity index (χ4n) is 2.73. The van der Waals surface area contributed by atoms with Crippen molar-refractivity contribution >= 4 is 11.8 Å². The number of piperidine rings is 1. The average Bonchev–Trinajstić information content (AvgIpc) is 3.38. The number of likely N-dealkylation sites (tertiary alicyclic amines) is 1. The Hall–Kier alpha value is -2.11. The van der Waals surface area contributed by atoms with Crippen molar-refractivity contribution in [2.75, 3.05) is 19.7 Å². The molecule has 0 radical (unpaired) electrons.